The number of hydrogen-bond acceptors (Lipinski definition) is 3. The third-order valence-electron chi connectivity index (χ3n) is 3.21. The lowest BCUT2D eigenvalue weighted by Gasteiger charge is -2.08. The van der Waals surface area contributed by atoms with Crippen molar-refractivity contribution in [2.75, 3.05) is 5.43 Å². The number of carbonyl (C=O) groups excluding carboxylic acids is 1. The molecule has 0 bridgehead atoms. The molecule has 0 aliphatic heterocycles. The number of pyridine rings is 1. The van der Waals surface area contributed by atoms with Crippen molar-refractivity contribution in [1.29, 1.82) is 0 Å². The first-order chi connectivity index (χ1) is 10.6. The second-order valence-electron chi connectivity index (χ2n) is 4.83. The minimum Gasteiger partial charge on any atom is -0.275 e. The predicted octanol–water partition coefficient (Wildman–Crippen LogP) is 1.63. The summed E-state index contributed by atoms with van der Waals surface area (Å²) in [5.41, 5.74) is 4.55. The van der Waals surface area contributed by atoms with Gasteiger partial charge in [-0.15, -0.1) is 0 Å². The van der Waals surface area contributed by atoms with Crippen LogP contribution in [0.15, 0.2) is 65.8 Å². The Morgan fingerprint density at radius 2 is 2.00 bits per heavy atom. The highest BCUT2D eigenvalue weighted by Crippen LogP contribution is 2.19. The largest absolute Gasteiger partial charge is 0.275 e. The number of benzene rings is 1. The van der Waals surface area contributed by atoms with Gasteiger partial charge in [0, 0.05) is 36.6 Å². The highest BCUT2D eigenvalue weighted by atomic mass is 16.2. The molecule has 0 aliphatic carbocycles. The van der Waals surface area contributed by atoms with Crippen molar-refractivity contribution in [3.8, 4) is 11.1 Å². The molecule has 6 nitrogen and oxygen atoms in total. The number of rotatable bonds is 3. The van der Waals surface area contributed by atoms with Gasteiger partial charge < -0.3 is 0 Å². The van der Waals surface area contributed by atoms with Crippen molar-refractivity contribution in [3.05, 3.63) is 77.0 Å². The van der Waals surface area contributed by atoms with Crippen LogP contribution in [0.4, 0.5) is 0 Å². The Morgan fingerprint density at radius 1 is 1.14 bits per heavy atom. The van der Waals surface area contributed by atoms with Gasteiger partial charge in [-0.2, -0.15) is 5.10 Å². The highest BCUT2D eigenvalue weighted by Gasteiger charge is 2.08. The predicted molar refractivity (Wildman–Crippen MR) is 83.0 cm³/mol. The zero-order chi connectivity index (χ0) is 15.5. The summed E-state index contributed by atoms with van der Waals surface area (Å²) in [5, 5.41) is 4.12. The minimum atomic E-state index is -0.348. The van der Waals surface area contributed by atoms with Gasteiger partial charge in [0.15, 0.2) is 0 Å². The molecule has 0 spiro atoms. The van der Waals surface area contributed by atoms with Crippen LogP contribution in [-0.2, 0) is 7.05 Å². The monoisotopic (exact) mass is 294 g/mol. The zero-order valence-electron chi connectivity index (χ0n) is 11.9. The van der Waals surface area contributed by atoms with Gasteiger partial charge in [-0.3, -0.25) is 19.7 Å². The van der Waals surface area contributed by atoms with E-state index < -0.39 is 0 Å². The van der Waals surface area contributed by atoms with Gasteiger partial charge in [0.25, 0.3) is 11.5 Å². The molecule has 3 aromatic rings. The first kappa shape index (κ1) is 13.8. The summed E-state index contributed by atoms with van der Waals surface area (Å²) < 4.78 is 2.85. The van der Waals surface area contributed by atoms with Crippen LogP contribution in [0.3, 0.4) is 0 Å². The Kier molecular flexibility index (Phi) is 3.57. The Labute approximate surface area is 126 Å². The number of aryl methyl sites for hydroxylation is 1. The fourth-order valence-electron chi connectivity index (χ4n) is 2.10. The van der Waals surface area contributed by atoms with Crippen LogP contribution in [0.2, 0.25) is 0 Å². The minimum absolute atomic E-state index is 0.292. The maximum absolute atomic E-state index is 12.3. The van der Waals surface area contributed by atoms with E-state index in [1.54, 1.807) is 41.2 Å². The van der Waals surface area contributed by atoms with Crippen molar-refractivity contribution in [1.82, 2.24) is 14.5 Å². The van der Waals surface area contributed by atoms with Gasteiger partial charge in [-0.25, -0.2) is 4.68 Å². The van der Waals surface area contributed by atoms with E-state index in [1.807, 2.05) is 19.3 Å². The van der Waals surface area contributed by atoms with Crippen molar-refractivity contribution in [2.45, 2.75) is 0 Å². The first-order valence-corrected chi connectivity index (χ1v) is 6.71. The van der Waals surface area contributed by atoms with Crippen molar-refractivity contribution in [3.63, 3.8) is 0 Å². The number of nitrogens with one attached hydrogen (secondary N) is 1. The molecule has 3 rings (SSSR count). The van der Waals surface area contributed by atoms with E-state index in [0.717, 1.165) is 15.8 Å². The molecule has 0 fully saturated rings. The SMILES string of the molecule is Cn1cc(-c2cccc(C(=O)Nn3ccccc3=O)c2)cn1. The second kappa shape index (κ2) is 5.69. The highest BCUT2D eigenvalue weighted by molar-refractivity contribution is 6.00. The van der Waals surface area contributed by atoms with Crippen LogP contribution in [0.25, 0.3) is 11.1 Å². The summed E-state index contributed by atoms with van der Waals surface area (Å²) in [6, 6.07) is 11.8. The molecule has 0 atom stereocenters. The molecule has 1 amide bonds. The maximum Gasteiger partial charge on any atom is 0.270 e. The van der Waals surface area contributed by atoms with Gasteiger partial charge in [0.05, 0.1) is 6.20 Å². The summed E-state index contributed by atoms with van der Waals surface area (Å²) in [7, 11) is 1.84. The van der Waals surface area contributed by atoms with Crippen molar-refractivity contribution < 1.29 is 4.79 Å². The van der Waals surface area contributed by atoms with E-state index in [4.69, 9.17) is 0 Å². The molecule has 0 saturated carbocycles. The van der Waals surface area contributed by atoms with E-state index in [-0.39, 0.29) is 11.5 Å². The summed E-state index contributed by atoms with van der Waals surface area (Å²) in [5.74, 6) is -0.348. The van der Waals surface area contributed by atoms with Crippen LogP contribution in [0, 0.1) is 0 Å². The Balaban J connectivity index is 1.87. The average molecular weight is 294 g/mol. The summed E-state index contributed by atoms with van der Waals surface area (Å²) in [6.07, 6.45) is 5.11. The fraction of sp³-hybridized carbons (Fsp3) is 0.0625. The molecule has 0 unspecified atom stereocenters. The number of carbonyl (C=O) groups is 1. The third kappa shape index (κ3) is 2.80. The topological polar surface area (TPSA) is 68.9 Å². The average Bonchev–Trinajstić information content (AvgIpc) is 2.96. The third-order valence-corrected chi connectivity index (χ3v) is 3.21. The number of hydrogen-bond donors (Lipinski definition) is 1. The molecule has 0 saturated heterocycles. The Bertz CT molecular complexity index is 879. The van der Waals surface area contributed by atoms with Crippen LogP contribution < -0.4 is 11.0 Å². The zero-order valence-corrected chi connectivity index (χ0v) is 11.9. The number of amides is 1. The van der Waals surface area contributed by atoms with Gasteiger partial charge in [0.2, 0.25) is 0 Å². The van der Waals surface area contributed by atoms with Crippen molar-refractivity contribution >= 4 is 5.91 Å². The van der Waals surface area contributed by atoms with E-state index in [2.05, 4.69) is 10.5 Å². The van der Waals surface area contributed by atoms with Crippen LogP contribution in [-0.4, -0.2) is 20.4 Å². The molecular weight excluding hydrogens is 280 g/mol. The maximum atomic E-state index is 12.3. The Morgan fingerprint density at radius 3 is 2.73 bits per heavy atom. The van der Waals surface area contributed by atoms with Gasteiger partial charge in [-0.1, -0.05) is 18.2 Å². The molecule has 0 aliphatic rings. The van der Waals surface area contributed by atoms with E-state index in [1.165, 1.54) is 12.3 Å². The lowest BCUT2D eigenvalue weighted by Crippen LogP contribution is -2.31. The molecule has 1 N–H and O–H groups in total. The standard InChI is InChI=1S/C16H14N4O2/c1-19-11-14(10-17-19)12-5-4-6-13(9-12)16(22)18-20-8-3-2-7-15(20)21/h2-11H,1H3,(H,18,22). The lowest BCUT2D eigenvalue weighted by atomic mass is 10.1. The van der Waals surface area contributed by atoms with E-state index in [9.17, 15) is 9.59 Å². The van der Waals surface area contributed by atoms with E-state index in [0.29, 0.717) is 5.56 Å². The molecule has 6 heteroatoms. The van der Waals surface area contributed by atoms with E-state index >= 15 is 0 Å². The van der Waals surface area contributed by atoms with Gasteiger partial charge in [0.1, 0.15) is 0 Å². The lowest BCUT2D eigenvalue weighted by molar-refractivity contribution is 0.101. The van der Waals surface area contributed by atoms with Crippen LogP contribution in [0.1, 0.15) is 10.4 Å². The molecule has 1 aromatic carbocycles. The van der Waals surface area contributed by atoms with Gasteiger partial charge in [-0.05, 0) is 23.8 Å². The first-order valence-electron chi connectivity index (χ1n) is 6.71. The number of nitrogens with zero attached hydrogens (tertiary/aromatic N) is 3. The smallest absolute Gasteiger partial charge is 0.270 e. The fourth-order valence-corrected chi connectivity index (χ4v) is 2.10. The van der Waals surface area contributed by atoms with Crippen molar-refractivity contribution in [2.24, 2.45) is 7.05 Å². The molecule has 22 heavy (non-hydrogen) atoms. The summed E-state index contributed by atoms with van der Waals surface area (Å²) in [4.78, 5) is 23.9. The molecule has 0 radical (unpaired) electrons. The normalized spacial score (nSPS) is 10.4. The van der Waals surface area contributed by atoms with Gasteiger partial charge >= 0.3 is 0 Å². The molecular formula is C16H14N4O2. The quantitative estimate of drug-likeness (QED) is 0.798. The van der Waals surface area contributed by atoms with Crippen LogP contribution in [0.5, 0.6) is 0 Å². The molecule has 2 aromatic heterocycles. The Hall–Kier alpha value is -3.15. The summed E-state index contributed by atoms with van der Waals surface area (Å²) >= 11 is 0. The summed E-state index contributed by atoms with van der Waals surface area (Å²) in [6.45, 7) is 0. The van der Waals surface area contributed by atoms with Crippen LogP contribution >= 0.6 is 0 Å². The second-order valence-corrected chi connectivity index (χ2v) is 4.83. The molecule has 2 heterocycles. The number of aromatic nitrogens is 3. The molecule has 110 valence electrons.